The number of aliphatic hydroxyl groups excluding tert-OH is 1. The third-order valence-corrected chi connectivity index (χ3v) is 4.71. The fourth-order valence-electron chi connectivity index (χ4n) is 3.47. The lowest BCUT2D eigenvalue weighted by molar-refractivity contribution is 0.00494. The van der Waals surface area contributed by atoms with Crippen LogP contribution >= 0.6 is 11.6 Å². The van der Waals surface area contributed by atoms with Gasteiger partial charge in [-0.3, -0.25) is 4.90 Å². The van der Waals surface area contributed by atoms with Gasteiger partial charge in [-0.25, -0.2) is 0 Å². The van der Waals surface area contributed by atoms with Crippen LogP contribution in [0.5, 0.6) is 0 Å². The lowest BCUT2D eigenvalue weighted by Crippen LogP contribution is -2.39. The molecule has 0 radical (unpaired) electrons. The van der Waals surface area contributed by atoms with E-state index in [1.807, 2.05) is 24.3 Å². The molecule has 20 heavy (non-hydrogen) atoms. The van der Waals surface area contributed by atoms with Crippen LogP contribution in [-0.2, 0) is 11.3 Å². The Morgan fingerprint density at radius 2 is 2.10 bits per heavy atom. The molecule has 2 fully saturated rings. The van der Waals surface area contributed by atoms with Crippen molar-refractivity contribution in [3.05, 3.63) is 34.9 Å². The highest BCUT2D eigenvalue weighted by molar-refractivity contribution is 6.30. The summed E-state index contributed by atoms with van der Waals surface area (Å²) in [6.07, 6.45) is 3.63. The van der Waals surface area contributed by atoms with Crippen LogP contribution in [0.15, 0.2) is 24.3 Å². The van der Waals surface area contributed by atoms with Gasteiger partial charge in [0, 0.05) is 24.2 Å². The Hall–Kier alpha value is -0.610. The zero-order chi connectivity index (χ0) is 13.9. The zero-order valence-corrected chi connectivity index (χ0v) is 12.4. The second-order valence-electron chi connectivity index (χ2n) is 6.08. The van der Waals surface area contributed by atoms with E-state index in [2.05, 4.69) is 4.90 Å². The van der Waals surface area contributed by atoms with E-state index in [0.717, 1.165) is 23.0 Å². The van der Waals surface area contributed by atoms with Gasteiger partial charge in [0.2, 0.25) is 0 Å². The molecule has 1 saturated heterocycles. The molecule has 2 aliphatic rings. The van der Waals surface area contributed by atoms with Gasteiger partial charge in [0.05, 0.1) is 19.3 Å². The van der Waals surface area contributed by atoms with Crippen LogP contribution in [-0.4, -0.2) is 41.8 Å². The SMILES string of the molecule is OC(COCc1ccc(Cl)cc1)CN1CC2CCC1C2. The van der Waals surface area contributed by atoms with Crippen LogP contribution in [0.3, 0.4) is 0 Å². The molecule has 1 N–H and O–H groups in total. The van der Waals surface area contributed by atoms with E-state index >= 15 is 0 Å². The first kappa shape index (κ1) is 14.3. The van der Waals surface area contributed by atoms with Gasteiger partial charge in [0.15, 0.2) is 0 Å². The number of aliphatic hydroxyl groups is 1. The van der Waals surface area contributed by atoms with Gasteiger partial charge in [-0.15, -0.1) is 0 Å². The van der Waals surface area contributed by atoms with E-state index in [1.165, 1.54) is 25.8 Å². The van der Waals surface area contributed by atoms with Crippen LogP contribution in [0.1, 0.15) is 24.8 Å². The highest BCUT2D eigenvalue weighted by atomic mass is 35.5. The summed E-state index contributed by atoms with van der Waals surface area (Å²) in [5.41, 5.74) is 1.09. The summed E-state index contributed by atoms with van der Waals surface area (Å²) in [4.78, 5) is 2.44. The smallest absolute Gasteiger partial charge is 0.0900 e. The third-order valence-electron chi connectivity index (χ3n) is 4.46. The Morgan fingerprint density at radius 3 is 2.75 bits per heavy atom. The number of hydrogen-bond donors (Lipinski definition) is 1. The summed E-state index contributed by atoms with van der Waals surface area (Å²) in [6.45, 7) is 2.84. The molecule has 0 amide bonds. The summed E-state index contributed by atoms with van der Waals surface area (Å²) in [6, 6.07) is 8.34. The van der Waals surface area contributed by atoms with Crippen molar-refractivity contribution in [2.24, 2.45) is 5.92 Å². The average molecular weight is 296 g/mol. The average Bonchev–Trinajstić information content (AvgIpc) is 3.03. The maximum Gasteiger partial charge on any atom is 0.0900 e. The second-order valence-corrected chi connectivity index (χ2v) is 6.52. The minimum atomic E-state index is -0.387. The van der Waals surface area contributed by atoms with Crippen molar-refractivity contribution >= 4 is 11.6 Å². The molecule has 3 nitrogen and oxygen atoms in total. The minimum absolute atomic E-state index is 0.387. The van der Waals surface area contributed by atoms with Crippen molar-refractivity contribution in [3.8, 4) is 0 Å². The van der Waals surface area contributed by atoms with Crippen LogP contribution < -0.4 is 0 Å². The van der Waals surface area contributed by atoms with Crippen molar-refractivity contribution in [1.82, 2.24) is 4.90 Å². The summed E-state index contributed by atoms with van der Waals surface area (Å²) < 4.78 is 5.59. The molecular weight excluding hydrogens is 274 g/mol. The van der Waals surface area contributed by atoms with Crippen LogP contribution in [0, 0.1) is 5.92 Å². The van der Waals surface area contributed by atoms with E-state index in [1.54, 1.807) is 0 Å². The van der Waals surface area contributed by atoms with E-state index in [4.69, 9.17) is 16.3 Å². The summed E-state index contributed by atoms with van der Waals surface area (Å²) in [7, 11) is 0. The predicted molar refractivity (Wildman–Crippen MR) is 79.8 cm³/mol. The van der Waals surface area contributed by atoms with E-state index in [9.17, 15) is 5.11 Å². The van der Waals surface area contributed by atoms with Gasteiger partial charge >= 0.3 is 0 Å². The number of benzene rings is 1. The molecule has 110 valence electrons. The van der Waals surface area contributed by atoms with Crippen molar-refractivity contribution in [2.75, 3.05) is 19.7 Å². The standard InChI is InChI=1S/C16H22ClNO2/c17-14-4-1-12(2-5-14)10-20-11-16(19)9-18-8-13-3-6-15(18)7-13/h1-2,4-5,13,15-16,19H,3,6-11H2. The molecule has 3 atom stereocenters. The van der Waals surface area contributed by atoms with E-state index in [0.29, 0.717) is 19.3 Å². The van der Waals surface area contributed by atoms with Crippen molar-refractivity contribution in [3.63, 3.8) is 0 Å². The minimum Gasteiger partial charge on any atom is -0.389 e. The molecule has 3 unspecified atom stereocenters. The molecule has 3 rings (SSSR count). The number of hydrogen-bond acceptors (Lipinski definition) is 3. The quantitative estimate of drug-likeness (QED) is 0.876. The fraction of sp³-hybridized carbons (Fsp3) is 0.625. The maximum absolute atomic E-state index is 10.1. The number of ether oxygens (including phenoxy) is 1. The molecular formula is C16H22ClNO2. The van der Waals surface area contributed by atoms with Crippen molar-refractivity contribution in [2.45, 2.75) is 38.0 Å². The predicted octanol–water partition coefficient (Wildman–Crippen LogP) is 2.70. The maximum atomic E-state index is 10.1. The second kappa shape index (κ2) is 6.44. The first-order valence-electron chi connectivity index (χ1n) is 7.45. The lowest BCUT2D eigenvalue weighted by atomic mass is 10.1. The Morgan fingerprint density at radius 1 is 1.30 bits per heavy atom. The summed E-state index contributed by atoms with van der Waals surface area (Å²) in [5.74, 6) is 0.877. The van der Waals surface area contributed by atoms with Gasteiger partial charge in [-0.2, -0.15) is 0 Å². The zero-order valence-electron chi connectivity index (χ0n) is 11.7. The first-order chi connectivity index (χ1) is 9.70. The fourth-order valence-corrected chi connectivity index (χ4v) is 3.59. The Bertz CT molecular complexity index is 437. The molecule has 1 aromatic carbocycles. The molecule has 1 saturated carbocycles. The van der Waals surface area contributed by atoms with E-state index in [-0.39, 0.29) is 6.10 Å². The molecule has 2 bridgehead atoms. The Labute approximate surface area is 125 Å². The molecule has 0 aromatic heterocycles. The summed E-state index contributed by atoms with van der Waals surface area (Å²) >= 11 is 5.84. The molecule has 4 heteroatoms. The van der Waals surface area contributed by atoms with Gasteiger partial charge in [-0.05, 0) is 42.9 Å². The van der Waals surface area contributed by atoms with Gasteiger partial charge < -0.3 is 9.84 Å². The van der Waals surface area contributed by atoms with E-state index < -0.39 is 0 Å². The first-order valence-corrected chi connectivity index (χ1v) is 7.83. The van der Waals surface area contributed by atoms with Gasteiger partial charge in [0.25, 0.3) is 0 Å². The molecule has 0 spiro atoms. The highest BCUT2D eigenvalue weighted by Gasteiger charge is 2.38. The third kappa shape index (κ3) is 3.53. The van der Waals surface area contributed by atoms with Crippen LogP contribution in [0.25, 0.3) is 0 Å². The van der Waals surface area contributed by atoms with Crippen LogP contribution in [0.4, 0.5) is 0 Å². The number of rotatable bonds is 6. The number of β-amino-alcohol motifs (C(OH)–C–C–N with tert-alkyl or cyclic N) is 1. The highest BCUT2D eigenvalue weighted by Crippen LogP contribution is 2.37. The number of nitrogens with zero attached hydrogens (tertiary/aromatic N) is 1. The van der Waals surface area contributed by atoms with Gasteiger partial charge in [-0.1, -0.05) is 23.7 Å². The van der Waals surface area contributed by atoms with Crippen molar-refractivity contribution in [1.29, 1.82) is 0 Å². The lowest BCUT2D eigenvalue weighted by Gasteiger charge is -2.28. The summed E-state index contributed by atoms with van der Waals surface area (Å²) in [5, 5.41) is 10.8. The number of fused-ring (bicyclic) bond motifs is 2. The molecule has 1 aliphatic carbocycles. The van der Waals surface area contributed by atoms with Gasteiger partial charge in [0.1, 0.15) is 0 Å². The molecule has 1 aliphatic heterocycles. The van der Waals surface area contributed by atoms with Crippen LogP contribution in [0.2, 0.25) is 5.02 Å². The normalized spacial score (nSPS) is 27.1. The Balaban J connectivity index is 1.37. The number of halogens is 1. The monoisotopic (exact) mass is 295 g/mol. The Kier molecular flexibility index (Phi) is 4.61. The molecule has 1 aromatic rings. The number of piperidine rings is 1. The molecule has 1 heterocycles. The number of likely N-dealkylation sites (tertiary alicyclic amines) is 1. The van der Waals surface area contributed by atoms with Crippen molar-refractivity contribution < 1.29 is 9.84 Å². The largest absolute Gasteiger partial charge is 0.389 e. The topological polar surface area (TPSA) is 32.7 Å².